The molecule has 0 unspecified atom stereocenters. The average Bonchev–Trinajstić information content (AvgIpc) is 3.58. The van der Waals surface area contributed by atoms with Gasteiger partial charge in [0.2, 0.25) is 5.91 Å². The van der Waals surface area contributed by atoms with E-state index in [1.165, 1.54) is 6.33 Å². The van der Waals surface area contributed by atoms with Crippen LogP contribution in [0.3, 0.4) is 0 Å². The Bertz CT molecular complexity index is 1560. The van der Waals surface area contributed by atoms with Gasteiger partial charge in [0.05, 0.1) is 17.4 Å². The Labute approximate surface area is 229 Å². The molecule has 0 spiro atoms. The minimum absolute atomic E-state index is 0.0324. The number of hydrogen-bond donors (Lipinski definition) is 2. The number of likely N-dealkylation sites (tertiary alicyclic amines) is 1. The molecule has 0 bridgehead atoms. The molecule has 0 radical (unpaired) electrons. The van der Waals surface area contributed by atoms with Crippen LogP contribution in [0.15, 0.2) is 23.2 Å². The van der Waals surface area contributed by atoms with Gasteiger partial charge in [0.15, 0.2) is 17.2 Å². The van der Waals surface area contributed by atoms with Crippen molar-refractivity contribution in [3.63, 3.8) is 0 Å². The van der Waals surface area contributed by atoms with Crippen LogP contribution >= 0.6 is 0 Å². The van der Waals surface area contributed by atoms with Gasteiger partial charge in [-0.2, -0.15) is 5.10 Å². The van der Waals surface area contributed by atoms with Crippen LogP contribution in [-0.4, -0.2) is 69.8 Å². The third-order valence-corrected chi connectivity index (χ3v) is 7.67. The smallest absolute Gasteiger partial charge is 0.303 e. The number of piperidine rings is 1. The summed E-state index contributed by atoms with van der Waals surface area (Å²) in [5.74, 6) is 0.972. The molecule has 3 N–H and O–H groups in total. The summed E-state index contributed by atoms with van der Waals surface area (Å²) in [7, 11) is 0. The van der Waals surface area contributed by atoms with Crippen molar-refractivity contribution >= 4 is 28.7 Å². The van der Waals surface area contributed by atoms with Gasteiger partial charge in [-0.05, 0) is 51.0 Å². The van der Waals surface area contributed by atoms with Gasteiger partial charge in [0.1, 0.15) is 23.5 Å². The number of nitrogens with two attached hydrogens (primary N) is 1. The minimum atomic E-state index is -0.959. The number of fused-ring (bicyclic) bond motifs is 1. The molecule has 1 saturated carbocycles. The van der Waals surface area contributed by atoms with Crippen molar-refractivity contribution < 1.29 is 19.2 Å². The van der Waals surface area contributed by atoms with Gasteiger partial charge < -0.3 is 20.3 Å². The lowest BCUT2D eigenvalue weighted by Crippen LogP contribution is -2.38. The molecule has 40 heavy (non-hydrogen) atoms. The second-order valence-corrected chi connectivity index (χ2v) is 10.8. The molecule has 13 heteroatoms. The van der Waals surface area contributed by atoms with Crippen molar-refractivity contribution in [2.75, 3.05) is 18.8 Å². The van der Waals surface area contributed by atoms with Crippen molar-refractivity contribution in [2.45, 2.75) is 70.3 Å². The first-order chi connectivity index (χ1) is 19.3. The third kappa shape index (κ3) is 4.75. The van der Waals surface area contributed by atoms with E-state index >= 15 is 0 Å². The zero-order valence-electron chi connectivity index (χ0n) is 22.4. The second kappa shape index (κ2) is 10.3. The molecule has 0 aromatic carbocycles. The number of nitrogen functional groups attached to an aromatic ring is 1. The molecule has 4 aromatic heterocycles. The highest BCUT2D eigenvalue weighted by molar-refractivity contribution is 6.00. The lowest BCUT2D eigenvalue weighted by Gasteiger charge is -2.32. The molecule has 4 aromatic rings. The van der Waals surface area contributed by atoms with Crippen LogP contribution in [0.25, 0.3) is 33.8 Å². The molecule has 0 atom stereocenters. The Morgan fingerprint density at radius 3 is 2.40 bits per heavy atom. The monoisotopic (exact) mass is 545 g/mol. The Kier molecular flexibility index (Phi) is 6.64. The Morgan fingerprint density at radius 1 is 1.02 bits per heavy atom. The number of hydrogen-bond acceptors (Lipinski definition) is 10. The van der Waals surface area contributed by atoms with E-state index in [1.54, 1.807) is 9.58 Å². The fraction of sp³-hybridized carbons (Fsp3) is 0.481. The Morgan fingerprint density at radius 2 is 1.75 bits per heavy atom. The van der Waals surface area contributed by atoms with Crippen LogP contribution in [-0.2, 0) is 9.59 Å². The highest BCUT2D eigenvalue weighted by atomic mass is 16.5. The molecule has 1 saturated heterocycles. The number of carboxylic acids is 1. The zero-order chi connectivity index (χ0) is 28.0. The number of carboxylic acid groups (broad SMARTS) is 1. The quantitative estimate of drug-likeness (QED) is 0.330. The summed E-state index contributed by atoms with van der Waals surface area (Å²) in [5, 5.41) is 18.7. The van der Waals surface area contributed by atoms with Gasteiger partial charge in [0, 0.05) is 43.9 Å². The van der Waals surface area contributed by atoms with Crippen molar-refractivity contribution in [1.82, 2.24) is 39.8 Å². The first kappa shape index (κ1) is 25.8. The van der Waals surface area contributed by atoms with Crippen LogP contribution in [0.4, 0.5) is 5.82 Å². The molecule has 1 aliphatic carbocycles. The van der Waals surface area contributed by atoms with Gasteiger partial charge in [0.25, 0.3) is 0 Å². The van der Waals surface area contributed by atoms with Gasteiger partial charge >= 0.3 is 5.97 Å². The second-order valence-electron chi connectivity index (χ2n) is 10.8. The van der Waals surface area contributed by atoms with Gasteiger partial charge in [-0.1, -0.05) is 5.16 Å². The summed E-state index contributed by atoms with van der Waals surface area (Å²) < 4.78 is 7.67. The van der Waals surface area contributed by atoms with E-state index in [0.717, 1.165) is 37.0 Å². The summed E-state index contributed by atoms with van der Waals surface area (Å²) in [6.45, 7) is 5.21. The topological polar surface area (TPSA) is 179 Å². The average molecular weight is 546 g/mol. The molecule has 208 valence electrons. The minimum Gasteiger partial charge on any atom is -0.481 e. The Balaban J connectivity index is 1.29. The van der Waals surface area contributed by atoms with Crippen LogP contribution in [0.2, 0.25) is 0 Å². The molecular weight excluding hydrogens is 514 g/mol. The first-order valence-corrected chi connectivity index (χ1v) is 13.6. The number of nitrogens with zero attached hydrogens (tertiary/aromatic N) is 8. The standard InChI is InChI=1S/C27H31N9O4/c1-14(2)36-27-21(25(28)31-13-32-27)22(33-36)23-20(24(40-34-23)16-3-4-16)26-29-11-17(12-30-26)15-7-9-35(10-8-15)18(37)5-6-19(38)39/h11-16H,3-10H2,1-2H3,(H,38,39)(H2,28,31,32). The van der Waals surface area contributed by atoms with E-state index in [2.05, 4.69) is 15.1 Å². The molecule has 6 rings (SSSR count). The summed E-state index contributed by atoms with van der Waals surface area (Å²) in [6.07, 6.45) is 8.55. The lowest BCUT2D eigenvalue weighted by atomic mass is 9.91. The molecule has 1 aliphatic heterocycles. The normalized spacial score (nSPS) is 16.2. The van der Waals surface area contributed by atoms with E-state index in [4.69, 9.17) is 30.4 Å². The molecule has 2 aliphatic rings. The highest BCUT2D eigenvalue weighted by Crippen LogP contribution is 2.48. The number of rotatable bonds is 8. The summed E-state index contributed by atoms with van der Waals surface area (Å²) in [6, 6.07) is 0.0400. The Hall–Kier alpha value is -4.42. The van der Waals surface area contributed by atoms with Crippen molar-refractivity contribution in [2.24, 2.45) is 0 Å². The largest absolute Gasteiger partial charge is 0.481 e. The van der Waals surface area contributed by atoms with Crippen LogP contribution in [0, 0.1) is 0 Å². The summed E-state index contributed by atoms with van der Waals surface area (Å²) in [5.41, 5.74) is 9.70. The van der Waals surface area contributed by atoms with Crippen molar-refractivity contribution in [3.8, 4) is 22.8 Å². The van der Waals surface area contributed by atoms with Crippen molar-refractivity contribution in [3.05, 3.63) is 30.0 Å². The van der Waals surface area contributed by atoms with Gasteiger partial charge in [-0.3, -0.25) is 9.59 Å². The molecule has 13 nitrogen and oxygen atoms in total. The maximum atomic E-state index is 12.3. The maximum absolute atomic E-state index is 12.3. The zero-order valence-corrected chi connectivity index (χ0v) is 22.4. The maximum Gasteiger partial charge on any atom is 0.303 e. The third-order valence-electron chi connectivity index (χ3n) is 7.67. The SMILES string of the molecule is CC(C)n1nc(-c2noc(C3CC3)c2-c2ncc(C3CCN(C(=O)CCC(=O)O)CC3)cn2)c2c(N)ncnc21. The van der Waals surface area contributed by atoms with E-state index in [1.807, 2.05) is 26.2 Å². The molecule has 5 heterocycles. The number of aromatic nitrogens is 7. The van der Waals surface area contributed by atoms with E-state index in [0.29, 0.717) is 52.7 Å². The predicted molar refractivity (Wildman–Crippen MR) is 144 cm³/mol. The van der Waals surface area contributed by atoms with Crippen LogP contribution in [0.5, 0.6) is 0 Å². The van der Waals surface area contributed by atoms with Crippen molar-refractivity contribution in [1.29, 1.82) is 0 Å². The van der Waals surface area contributed by atoms with Crippen LogP contribution < -0.4 is 5.73 Å². The van der Waals surface area contributed by atoms with E-state index in [-0.39, 0.29) is 36.6 Å². The molecule has 1 amide bonds. The highest BCUT2D eigenvalue weighted by Gasteiger charge is 2.36. The lowest BCUT2D eigenvalue weighted by molar-refractivity contribution is -0.141. The fourth-order valence-electron chi connectivity index (χ4n) is 5.34. The van der Waals surface area contributed by atoms with Gasteiger partial charge in [-0.15, -0.1) is 0 Å². The van der Waals surface area contributed by atoms with Gasteiger partial charge in [-0.25, -0.2) is 24.6 Å². The molecular formula is C27H31N9O4. The summed E-state index contributed by atoms with van der Waals surface area (Å²) in [4.78, 5) is 43.0. The first-order valence-electron chi connectivity index (χ1n) is 13.6. The predicted octanol–water partition coefficient (Wildman–Crippen LogP) is 3.55. The van der Waals surface area contributed by atoms with E-state index in [9.17, 15) is 9.59 Å². The van der Waals surface area contributed by atoms with Crippen LogP contribution in [0.1, 0.15) is 81.6 Å². The number of amides is 1. The molecule has 2 fully saturated rings. The number of carbonyl (C=O) groups excluding carboxylic acids is 1. The summed E-state index contributed by atoms with van der Waals surface area (Å²) >= 11 is 0. The van der Waals surface area contributed by atoms with E-state index < -0.39 is 5.97 Å². The number of aliphatic carboxylic acids is 1. The number of anilines is 1. The fourth-order valence-corrected chi connectivity index (χ4v) is 5.34. The number of carbonyl (C=O) groups is 2.